The second-order valence-corrected chi connectivity index (χ2v) is 9.59. The Hall–Kier alpha value is -2.34. The van der Waals surface area contributed by atoms with E-state index in [0.717, 1.165) is 38.5 Å². The summed E-state index contributed by atoms with van der Waals surface area (Å²) in [6.07, 6.45) is 1.73. The van der Waals surface area contributed by atoms with Crippen molar-refractivity contribution < 1.29 is 52.4 Å². The van der Waals surface area contributed by atoms with E-state index < -0.39 is 53.7 Å². The summed E-state index contributed by atoms with van der Waals surface area (Å²) in [5.41, 5.74) is -0.745. The number of methoxy groups -OCH3 is 1. The van der Waals surface area contributed by atoms with Crippen molar-refractivity contribution in [3.63, 3.8) is 0 Å². The van der Waals surface area contributed by atoms with Crippen molar-refractivity contribution in [1.82, 2.24) is 0 Å². The van der Waals surface area contributed by atoms with Crippen LogP contribution in [0.1, 0.15) is 72.6 Å². The maximum absolute atomic E-state index is 11.9. The van der Waals surface area contributed by atoms with Gasteiger partial charge in [0.15, 0.2) is 18.3 Å². The lowest BCUT2D eigenvalue weighted by Gasteiger charge is -2.44. The summed E-state index contributed by atoms with van der Waals surface area (Å²) in [7, 11) is 1.38. The maximum Gasteiger partial charge on any atom is 0.305 e. The number of carbonyl (C=O) groups excluding carboxylic acids is 5. The van der Waals surface area contributed by atoms with Gasteiger partial charge in [-0.2, -0.15) is 0 Å². The van der Waals surface area contributed by atoms with Crippen LogP contribution >= 0.6 is 11.8 Å². The lowest BCUT2D eigenvalue weighted by Crippen LogP contribution is -2.61. The molecule has 0 saturated carbocycles. The van der Waals surface area contributed by atoms with Crippen LogP contribution < -0.4 is 0 Å². The molecule has 0 aromatic heterocycles. The summed E-state index contributed by atoms with van der Waals surface area (Å²) >= 11 is 1.38. The topological polar surface area (TPSA) is 141 Å². The molecule has 0 bridgehead atoms. The molecule has 1 aliphatic rings. The van der Waals surface area contributed by atoms with Gasteiger partial charge < -0.3 is 28.4 Å². The molecule has 0 aromatic rings. The minimum Gasteiger partial charge on any atom is -0.469 e. The van der Waals surface area contributed by atoms with Gasteiger partial charge in [0, 0.05) is 34.1 Å². The van der Waals surface area contributed by atoms with E-state index in [-0.39, 0.29) is 12.6 Å². The molecule has 0 spiro atoms. The monoisotopic (exact) mass is 534 g/mol. The first kappa shape index (κ1) is 31.7. The molecule has 0 aliphatic carbocycles. The first-order valence-corrected chi connectivity index (χ1v) is 13.1. The second kappa shape index (κ2) is 17.2. The Balaban J connectivity index is 2.80. The Morgan fingerprint density at radius 2 is 1.22 bits per heavy atom. The Morgan fingerprint density at radius 3 is 1.78 bits per heavy atom. The van der Waals surface area contributed by atoms with Gasteiger partial charge in [0.05, 0.1) is 7.11 Å². The number of ether oxygens (including phenoxy) is 6. The molecule has 12 heteroatoms. The van der Waals surface area contributed by atoms with Crippen LogP contribution in [0, 0.1) is 0 Å². The highest BCUT2D eigenvalue weighted by molar-refractivity contribution is 7.99. The fraction of sp³-hybridized carbons (Fsp3) is 0.792. The standard InChI is InChI=1S/C24H38O11S/c1-15(25)31-14-19-21(32-16(2)26)22(33-17(3)27)23(34-18(4)28)24(35-19)36-13-11-9-7-6-8-10-12-20(29)30-5/h19,21-24H,6-14H2,1-5H3/t19-,21-,22+,23+,24+/m1/s1. The van der Waals surface area contributed by atoms with Gasteiger partial charge in [-0.15, -0.1) is 11.8 Å². The zero-order valence-corrected chi connectivity index (χ0v) is 22.5. The molecule has 0 amide bonds. The molecule has 1 saturated heterocycles. The number of hydrogen-bond donors (Lipinski definition) is 0. The van der Waals surface area contributed by atoms with Crippen LogP contribution in [0.4, 0.5) is 0 Å². The number of rotatable bonds is 15. The molecule has 1 heterocycles. The maximum atomic E-state index is 11.9. The molecule has 5 atom stereocenters. The van der Waals surface area contributed by atoms with Crippen molar-refractivity contribution in [3.8, 4) is 0 Å². The molecule has 0 radical (unpaired) electrons. The molecule has 0 aromatic carbocycles. The van der Waals surface area contributed by atoms with Crippen molar-refractivity contribution in [1.29, 1.82) is 0 Å². The SMILES string of the molecule is COC(=O)CCCCCCCCS[C@@H]1O[C@H](COC(C)=O)[C@@H](OC(C)=O)[C@H](OC(C)=O)[C@@H]1OC(C)=O. The lowest BCUT2D eigenvalue weighted by molar-refractivity contribution is -0.237. The largest absolute Gasteiger partial charge is 0.469 e. The van der Waals surface area contributed by atoms with Gasteiger partial charge in [0.2, 0.25) is 0 Å². The second-order valence-electron chi connectivity index (χ2n) is 8.39. The third kappa shape index (κ3) is 12.6. The summed E-state index contributed by atoms with van der Waals surface area (Å²) in [5.74, 6) is -2.02. The fourth-order valence-corrected chi connectivity index (χ4v) is 4.93. The summed E-state index contributed by atoms with van der Waals surface area (Å²) in [6.45, 7) is 4.60. The van der Waals surface area contributed by atoms with Gasteiger partial charge in [-0.05, 0) is 18.6 Å². The Labute approximate surface area is 216 Å². The first-order valence-electron chi connectivity index (χ1n) is 12.0. The van der Waals surface area contributed by atoms with Crippen molar-refractivity contribution >= 4 is 41.6 Å². The van der Waals surface area contributed by atoms with Crippen molar-refractivity contribution in [3.05, 3.63) is 0 Å². The van der Waals surface area contributed by atoms with E-state index in [4.69, 9.17) is 23.7 Å². The highest BCUT2D eigenvalue weighted by atomic mass is 32.2. The quantitative estimate of drug-likeness (QED) is 0.173. The molecule has 36 heavy (non-hydrogen) atoms. The zero-order chi connectivity index (χ0) is 27.1. The molecule has 0 unspecified atom stereocenters. The lowest BCUT2D eigenvalue weighted by atomic mass is 9.99. The van der Waals surface area contributed by atoms with E-state index in [2.05, 4.69) is 4.74 Å². The van der Waals surface area contributed by atoms with Gasteiger partial charge in [0.1, 0.15) is 18.1 Å². The number of carbonyl (C=O) groups is 5. The average molecular weight is 535 g/mol. The number of thioether (sulfide) groups is 1. The van der Waals surface area contributed by atoms with Gasteiger partial charge >= 0.3 is 29.8 Å². The summed E-state index contributed by atoms with van der Waals surface area (Å²) in [5, 5.41) is 0. The number of unbranched alkanes of at least 4 members (excludes halogenated alkanes) is 5. The Morgan fingerprint density at radius 1 is 0.694 bits per heavy atom. The van der Waals surface area contributed by atoms with E-state index >= 15 is 0 Å². The number of esters is 5. The Kier molecular flexibility index (Phi) is 15.1. The smallest absolute Gasteiger partial charge is 0.305 e. The third-order valence-corrected chi connectivity index (χ3v) is 6.47. The molecule has 1 rings (SSSR count). The van der Waals surface area contributed by atoms with Crippen molar-refractivity contribution in [2.75, 3.05) is 19.5 Å². The third-order valence-electron chi connectivity index (χ3n) is 5.23. The molecule has 1 fully saturated rings. The zero-order valence-electron chi connectivity index (χ0n) is 21.6. The minimum atomic E-state index is -1.14. The average Bonchev–Trinajstić information content (AvgIpc) is 2.79. The van der Waals surface area contributed by atoms with Gasteiger partial charge in [-0.25, -0.2) is 0 Å². The first-order chi connectivity index (χ1) is 17.0. The molecular weight excluding hydrogens is 496 g/mol. The highest BCUT2D eigenvalue weighted by Crippen LogP contribution is 2.34. The van der Waals surface area contributed by atoms with Crippen LogP contribution in [-0.4, -0.2) is 79.2 Å². The van der Waals surface area contributed by atoms with Crippen LogP contribution in [0.25, 0.3) is 0 Å². The van der Waals surface area contributed by atoms with E-state index in [9.17, 15) is 24.0 Å². The highest BCUT2D eigenvalue weighted by Gasteiger charge is 2.52. The number of hydrogen-bond acceptors (Lipinski definition) is 12. The van der Waals surface area contributed by atoms with Crippen LogP contribution in [0.15, 0.2) is 0 Å². The predicted octanol–water partition coefficient (Wildman–Crippen LogP) is 2.71. The van der Waals surface area contributed by atoms with Crippen molar-refractivity contribution in [2.24, 2.45) is 0 Å². The predicted molar refractivity (Wildman–Crippen MR) is 129 cm³/mol. The van der Waals surface area contributed by atoms with Crippen LogP contribution in [0.5, 0.6) is 0 Å². The van der Waals surface area contributed by atoms with Crippen LogP contribution in [0.3, 0.4) is 0 Å². The van der Waals surface area contributed by atoms with E-state index in [1.807, 2.05) is 0 Å². The molecule has 0 N–H and O–H groups in total. The van der Waals surface area contributed by atoms with Gasteiger partial charge in [-0.3, -0.25) is 24.0 Å². The molecule has 11 nitrogen and oxygen atoms in total. The van der Waals surface area contributed by atoms with Gasteiger partial charge in [-0.1, -0.05) is 25.7 Å². The molecule has 1 aliphatic heterocycles. The van der Waals surface area contributed by atoms with E-state index in [0.29, 0.717) is 12.2 Å². The normalized spacial score (nSPS) is 23.3. The van der Waals surface area contributed by atoms with E-state index in [1.165, 1.54) is 46.6 Å². The van der Waals surface area contributed by atoms with Gasteiger partial charge in [0.25, 0.3) is 0 Å². The summed E-state index contributed by atoms with van der Waals surface area (Å²) in [6, 6.07) is 0. The molecule has 206 valence electrons. The van der Waals surface area contributed by atoms with Crippen molar-refractivity contribution in [2.45, 2.75) is 102 Å². The van der Waals surface area contributed by atoms with Crippen LogP contribution in [0.2, 0.25) is 0 Å². The summed E-state index contributed by atoms with van der Waals surface area (Å²) in [4.78, 5) is 58.0. The fourth-order valence-electron chi connectivity index (χ4n) is 3.70. The van der Waals surface area contributed by atoms with E-state index in [1.54, 1.807) is 0 Å². The Bertz CT molecular complexity index is 742. The minimum absolute atomic E-state index is 0.198. The molecular formula is C24H38O11S. The summed E-state index contributed by atoms with van der Waals surface area (Å²) < 4.78 is 32.0. The van der Waals surface area contributed by atoms with Crippen LogP contribution in [-0.2, 0) is 52.4 Å².